The number of fused-ring (bicyclic) bond motifs is 1. The van der Waals surface area contributed by atoms with Gasteiger partial charge in [0.2, 0.25) is 0 Å². The van der Waals surface area contributed by atoms with Gasteiger partial charge >= 0.3 is 0 Å². The van der Waals surface area contributed by atoms with E-state index in [1.54, 1.807) is 7.11 Å². The average molecular weight is 490 g/mol. The molecule has 5 nitrogen and oxygen atoms in total. The second-order valence-electron chi connectivity index (χ2n) is 9.20. The molecule has 3 aromatic carbocycles. The summed E-state index contributed by atoms with van der Waals surface area (Å²) in [5.41, 5.74) is 2.48. The van der Waals surface area contributed by atoms with Crippen LogP contribution in [-0.2, 0) is 11.2 Å². The lowest BCUT2D eigenvalue weighted by molar-refractivity contribution is 0.123. The van der Waals surface area contributed by atoms with Crippen LogP contribution in [-0.4, -0.2) is 46.1 Å². The number of benzene rings is 3. The van der Waals surface area contributed by atoms with Gasteiger partial charge in [0, 0.05) is 25.4 Å². The maximum absolute atomic E-state index is 6.42. The highest BCUT2D eigenvalue weighted by atomic mass is 16.5. The Kier molecular flexibility index (Phi) is 10.4. The Morgan fingerprint density at radius 1 is 0.806 bits per heavy atom. The molecule has 0 aromatic heterocycles. The van der Waals surface area contributed by atoms with Gasteiger partial charge in [-0.1, -0.05) is 48.5 Å². The highest BCUT2D eigenvalue weighted by Gasteiger charge is 2.24. The summed E-state index contributed by atoms with van der Waals surface area (Å²) >= 11 is 0. The first-order valence-corrected chi connectivity index (χ1v) is 13.2. The van der Waals surface area contributed by atoms with Gasteiger partial charge in [-0.25, -0.2) is 0 Å². The van der Waals surface area contributed by atoms with E-state index in [1.807, 2.05) is 42.5 Å². The second-order valence-corrected chi connectivity index (χ2v) is 9.20. The largest absolute Gasteiger partial charge is 0.494 e. The highest BCUT2D eigenvalue weighted by molar-refractivity contribution is 5.49. The molecule has 0 bridgehead atoms. The molecule has 1 aliphatic rings. The molecular formula is C31H39NO4. The molecule has 4 rings (SSSR count). The van der Waals surface area contributed by atoms with Gasteiger partial charge in [-0.3, -0.25) is 0 Å². The molecule has 0 saturated carbocycles. The maximum atomic E-state index is 6.42. The standard InChI is InChI=1S/C31H39NO4/c1-33-30-18-12-13-26-19-20-29(36-31(26)30)25-32(27-14-4-2-5-15-27)21-8-9-22-34-23-10-11-24-35-28-16-6-3-7-17-28/h2-7,12-18,29H,8-11,19-25H2,1H3. The third-order valence-corrected chi connectivity index (χ3v) is 6.51. The van der Waals surface area contributed by atoms with E-state index in [4.69, 9.17) is 18.9 Å². The fourth-order valence-electron chi connectivity index (χ4n) is 4.56. The topological polar surface area (TPSA) is 40.2 Å². The van der Waals surface area contributed by atoms with Crippen LogP contribution in [0.1, 0.15) is 37.7 Å². The van der Waals surface area contributed by atoms with Crippen molar-refractivity contribution in [3.8, 4) is 17.2 Å². The van der Waals surface area contributed by atoms with E-state index in [-0.39, 0.29) is 6.10 Å². The van der Waals surface area contributed by atoms with E-state index in [0.29, 0.717) is 0 Å². The van der Waals surface area contributed by atoms with E-state index >= 15 is 0 Å². The zero-order valence-corrected chi connectivity index (χ0v) is 21.4. The van der Waals surface area contributed by atoms with Crippen molar-refractivity contribution in [1.29, 1.82) is 0 Å². The Labute approximate surface area is 215 Å². The SMILES string of the molecule is COc1cccc2c1OC(CN(CCCCOCCCCOc1ccccc1)c1ccccc1)CC2. The van der Waals surface area contributed by atoms with Gasteiger partial charge < -0.3 is 23.8 Å². The van der Waals surface area contributed by atoms with Crippen molar-refractivity contribution in [2.24, 2.45) is 0 Å². The molecule has 36 heavy (non-hydrogen) atoms. The summed E-state index contributed by atoms with van der Waals surface area (Å²) < 4.78 is 23.6. The number of anilines is 1. The lowest BCUT2D eigenvalue weighted by atomic mass is 10.0. The van der Waals surface area contributed by atoms with E-state index in [9.17, 15) is 0 Å². The summed E-state index contributed by atoms with van der Waals surface area (Å²) in [6.07, 6.45) is 6.33. The van der Waals surface area contributed by atoms with Crippen molar-refractivity contribution in [3.63, 3.8) is 0 Å². The molecule has 5 heteroatoms. The Bertz CT molecular complexity index is 997. The van der Waals surface area contributed by atoms with Gasteiger partial charge in [0.25, 0.3) is 0 Å². The Morgan fingerprint density at radius 2 is 1.53 bits per heavy atom. The van der Waals surface area contributed by atoms with E-state index in [0.717, 1.165) is 88.7 Å². The molecule has 1 aliphatic heterocycles. The Balaban J connectivity index is 1.16. The number of ether oxygens (including phenoxy) is 4. The molecule has 0 N–H and O–H groups in total. The number of nitrogens with zero attached hydrogens (tertiary/aromatic N) is 1. The Hall–Kier alpha value is -3.18. The molecule has 0 saturated heterocycles. The molecule has 0 amide bonds. The minimum Gasteiger partial charge on any atom is -0.494 e. The van der Waals surface area contributed by atoms with Crippen LogP contribution in [0.15, 0.2) is 78.9 Å². The number of hydrogen-bond donors (Lipinski definition) is 0. The minimum atomic E-state index is 0.142. The van der Waals surface area contributed by atoms with Crippen LogP contribution in [0.2, 0.25) is 0 Å². The van der Waals surface area contributed by atoms with Gasteiger partial charge in [-0.2, -0.15) is 0 Å². The first-order valence-electron chi connectivity index (χ1n) is 13.2. The third-order valence-electron chi connectivity index (χ3n) is 6.51. The first kappa shape index (κ1) is 25.9. The van der Waals surface area contributed by atoms with Crippen LogP contribution in [0.4, 0.5) is 5.69 Å². The zero-order valence-electron chi connectivity index (χ0n) is 21.4. The zero-order chi connectivity index (χ0) is 24.8. The van der Waals surface area contributed by atoms with Gasteiger partial charge in [0.1, 0.15) is 11.9 Å². The van der Waals surface area contributed by atoms with Crippen molar-refractivity contribution in [1.82, 2.24) is 0 Å². The summed E-state index contributed by atoms with van der Waals surface area (Å²) in [6.45, 7) is 4.17. The lowest BCUT2D eigenvalue weighted by Gasteiger charge is -2.33. The molecule has 1 unspecified atom stereocenters. The summed E-state index contributed by atoms with van der Waals surface area (Å²) in [5, 5.41) is 0. The summed E-state index contributed by atoms with van der Waals surface area (Å²) in [6, 6.07) is 26.8. The molecule has 0 fully saturated rings. The van der Waals surface area contributed by atoms with Crippen LogP contribution in [0, 0.1) is 0 Å². The third kappa shape index (κ3) is 7.92. The van der Waals surface area contributed by atoms with Crippen LogP contribution in [0.3, 0.4) is 0 Å². The second kappa shape index (κ2) is 14.4. The van der Waals surface area contributed by atoms with Gasteiger partial charge in [-0.15, -0.1) is 0 Å². The molecule has 3 aromatic rings. The number of hydrogen-bond acceptors (Lipinski definition) is 5. The van der Waals surface area contributed by atoms with Crippen molar-refractivity contribution in [2.45, 2.75) is 44.6 Å². The summed E-state index contributed by atoms with van der Waals surface area (Å²) in [7, 11) is 1.71. The predicted molar refractivity (Wildman–Crippen MR) is 146 cm³/mol. The number of rotatable bonds is 15. The Morgan fingerprint density at radius 3 is 2.31 bits per heavy atom. The van der Waals surface area contributed by atoms with Crippen LogP contribution in [0.5, 0.6) is 17.2 Å². The van der Waals surface area contributed by atoms with Gasteiger partial charge in [0.15, 0.2) is 11.5 Å². The first-order chi connectivity index (χ1) is 17.8. The van der Waals surface area contributed by atoms with E-state index in [2.05, 4.69) is 41.3 Å². The molecule has 192 valence electrons. The molecular weight excluding hydrogens is 450 g/mol. The normalized spacial score (nSPS) is 14.5. The minimum absolute atomic E-state index is 0.142. The van der Waals surface area contributed by atoms with Crippen LogP contribution >= 0.6 is 0 Å². The maximum Gasteiger partial charge on any atom is 0.164 e. The smallest absolute Gasteiger partial charge is 0.164 e. The van der Waals surface area contributed by atoms with Crippen LogP contribution < -0.4 is 19.1 Å². The van der Waals surface area contributed by atoms with Crippen molar-refractivity contribution in [3.05, 3.63) is 84.4 Å². The lowest BCUT2D eigenvalue weighted by Crippen LogP contribution is -2.38. The summed E-state index contributed by atoms with van der Waals surface area (Å²) in [5.74, 6) is 2.67. The van der Waals surface area contributed by atoms with Gasteiger partial charge in [0.05, 0.1) is 20.3 Å². The van der Waals surface area contributed by atoms with Crippen molar-refractivity contribution < 1.29 is 18.9 Å². The summed E-state index contributed by atoms with van der Waals surface area (Å²) in [4.78, 5) is 2.45. The monoisotopic (exact) mass is 489 g/mol. The van der Waals surface area contributed by atoms with Crippen molar-refractivity contribution >= 4 is 5.69 Å². The fraction of sp³-hybridized carbons (Fsp3) is 0.419. The van der Waals surface area contributed by atoms with E-state index in [1.165, 1.54) is 11.3 Å². The average Bonchev–Trinajstić information content (AvgIpc) is 2.94. The molecule has 0 spiro atoms. The molecule has 0 aliphatic carbocycles. The molecule has 1 heterocycles. The number of aryl methyl sites for hydroxylation is 1. The molecule has 0 radical (unpaired) electrons. The fourth-order valence-corrected chi connectivity index (χ4v) is 4.56. The number of unbranched alkanes of at least 4 members (excludes halogenated alkanes) is 2. The molecule has 1 atom stereocenters. The predicted octanol–water partition coefficient (Wildman–Crippen LogP) is 6.55. The van der Waals surface area contributed by atoms with E-state index < -0.39 is 0 Å². The number of para-hydroxylation sites is 3. The highest BCUT2D eigenvalue weighted by Crippen LogP contribution is 2.36. The quantitative estimate of drug-likeness (QED) is 0.226. The number of methoxy groups -OCH3 is 1. The van der Waals surface area contributed by atoms with Crippen LogP contribution in [0.25, 0.3) is 0 Å². The van der Waals surface area contributed by atoms with Crippen molar-refractivity contribution in [2.75, 3.05) is 44.9 Å². The van der Waals surface area contributed by atoms with Gasteiger partial charge in [-0.05, 0) is 74.4 Å².